The zero-order chi connectivity index (χ0) is 13.9. The van der Waals surface area contributed by atoms with Gasteiger partial charge in [0.1, 0.15) is 0 Å². The van der Waals surface area contributed by atoms with E-state index in [1.165, 1.54) is 37.0 Å². The number of alkyl halides is 1. The second-order valence-electron chi connectivity index (χ2n) is 5.31. The fourth-order valence-corrected chi connectivity index (χ4v) is 2.86. The van der Waals surface area contributed by atoms with Crippen molar-refractivity contribution in [3.63, 3.8) is 0 Å². The van der Waals surface area contributed by atoms with Crippen molar-refractivity contribution in [1.82, 2.24) is 4.90 Å². The molecule has 1 aliphatic heterocycles. The number of imide groups is 1. The van der Waals surface area contributed by atoms with Crippen LogP contribution in [0.25, 0.3) is 0 Å². The van der Waals surface area contributed by atoms with Gasteiger partial charge < -0.3 is 0 Å². The van der Waals surface area contributed by atoms with Crippen molar-refractivity contribution in [3.8, 4) is 0 Å². The maximum Gasteiger partial charge on any atom is 0.229 e. The van der Waals surface area contributed by atoms with Crippen molar-refractivity contribution in [3.05, 3.63) is 0 Å². The molecule has 110 valence electrons. The third kappa shape index (κ3) is 7.09. The van der Waals surface area contributed by atoms with Gasteiger partial charge in [0.2, 0.25) is 11.8 Å². The molecule has 0 aromatic rings. The average Bonchev–Trinajstić information content (AvgIpc) is 2.56. The topological polar surface area (TPSA) is 37.4 Å². The van der Waals surface area contributed by atoms with E-state index in [0.29, 0.717) is 19.4 Å². The van der Waals surface area contributed by atoms with E-state index in [9.17, 15) is 9.59 Å². The lowest BCUT2D eigenvalue weighted by Crippen LogP contribution is -2.35. The zero-order valence-electron chi connectivity index (χ0n) is 11.8. The van der Waals surface area contributed by atoms with Crippen LogP contribution in [-0.4, -0.2) is 28.6 Å². The van der Waals surface area contributed by atoms with Crippen molar-refractivity contribution in [2.75, 3.05) is 11.9 Å². The van der Waals surface area contributed by atoms with E-state index in [1.54, 1.807) is 0 Å². The van der Waals surface area contributed by atoms with Gasteiger partial charge >= 0.3 is 0 Å². The highest BCUT2D eigenvalue weighted by Crippen LogP contribution is 2.14. The molecule has 0 aliphatic carbocycles. The molecule has 2 amide bonds. The summed E-state index contributed by atoms with van der Waals surface area (Å²) in [6, 6.07) is 0. The van der Waals surface area contributed by atoms with Crippen LogP contribution in [-0.2, 0) is 9.59 Å². The van der Waals surface area contributed by atoms with E-state index < -0.39 is 0 Å². The Morgan fingerprint density at radius 3 is 1.79 bits per heavy atom. The van der Waals surface area contributed by atoms with Crippen molar-refractivity contribution in [2.45, 2.75) is 70.6 Å². The number of amides is 2. The fraction of sp³-hybridized carbons (Fsp3) is 0.867. The average molecular weight is 332 g/mol. The quantitative estimate of drug-likeness (QED) is 0.363. The maximum absolute atomic E-state index is 11.8. The van der Waals surface area contributed by atoms with E-state index in [-0.39, 0.29) is 11.8 Å². The number of carbonyl (C=O) groups is 2. The summed E-state index contributed by atoms with van der Waals surface area (Å²) in [6.45, 7) is 0.638. The highest BCUT2D eigenvalue weighted by atomic mass is 79.9. The molecule has 1 saturated heterocycles. The Labute approximate surface area is 125 Å². The fourth-order valence-electron chi connectivity index (χ4n) is 2.46. The summed E-state index contributed by atoms with van der Waals surface area (Å²) in [7, 11) is 0. The van der Waals surface area contributed by atoms with Gasteiger partial charge in [-0.15, -0.1) is 0 Å². The molecule has 1 fully saturated rings. The molecule has 0 saturated carbocycles. The zero-order valence-corrected chi connectivity index (χ0v) is 13.4. The van der Waals surface area contributed by atoms with E-state index in [4.69, 9.17) is 0 Å². The molecule has 0 spiro atoms. The Balaban J connectivity index is 2.07. The Morgan fingerprint density at radius 2 is 1.26 bits per heavy atom. The third-order valence-corrected chi connectivity index (χ3v) is 4.21. The molecule has 0 N–H and O–H groups in total. The summed E-state index contributed by atoms with van der Waals surface area (Å²) in [6.07, 6.45) is 11.3. The van der Waals surface area contributed by atoms with Gasteiger partial charge in [-0.1, -0.05) is 48.0 Å². The predicted octanol–water partition coefficient (Wildman–Crippen LogP) is 4.04. The van der Waals surface area contributed by atoms with E-state index in [0.717, 1.165) is 31.0 Å². The van der Waals surface area contributed by atoms with Crippen molar-refractivity contribution < 1.29 is 9.59 Å². The summed E-state index contributed by atoms with van der Waals surface area (Å²) in [5.74, 6) is 0.0830. The highest BCUT2D eigenvalue weighted by Gasteiger charge is 2.22. The molecule has 0 aromatic carbocycles. The number of rotatable bonds is 9. The number of likely N-dealkylation sites (tertiary alicyclic amines) is 1. The standard InChI is InChI=1S/C15H26BrNO2/c16-12-8-4-2-1-3-5-9-13-17-14(18)10-6-7-11-15(17)19/h1-13H2. The smallest absolute Gasteiger partial charge is 0.229 e. The van der Waals surface area contributed by atoms with Crippen LogP contribution in [0.5, 0.6) is 0 Å². The summed E-state index contributed by atoms with van der Waals surface area (Å²) in [4.78, 5) is 25.0. The number of hydrogen-bond donors (Lipinski definition) is 0. The lowest BCUT2D eigenvalue weighted by Gasteiger charge is -2.18. The van der Waals surface area contributed by atoms with Crippen LogP contribution in [0.1, 0.15) is 70.6 Å². The van der Waals surface area contributed by atoms with Crippen LogP contribution in [0.15, 0.2) is 0 Å². The van der Waals surface area contributed by atoms with Gasteiger partial charge in [0.05, 0.1) is 0 Å². The molecule has 3 nitrogen and oxygen atoms in total. The SMILES string of the molecule is O=C1CCCCC(=O)N1CCCCCCCCCBr. The van der Waals surface area contributed by atoms with Gasteiger partial charge in [-0.25, -0.2) is 0 Å². The molecule has 19 heavy (non-hydrogen) atoms. The number of carbonyl (C=O) groups excluding carboxylic acids is 2. The molecule has 0 atom stereocenters. The van der Waals surface area contributed by atoms with Crippen LogP contribution in [0.4, 0.5) is 0 Å². The number of unbranched alkanes of at least 4 members (excludes halogenated alkanes) is 6. The largest absolute Gasteiger partial charge is 0.283 e. The minimum absolute atomic E-state index is 0.0415. The molecular formula is C15H26BrNO2. The van der Waals surface area contributed by atoms with Gasteiger partial charge in [0.25, 0.3) is 0 Å². The molecule has 1 aliphatic rings. The molecule has 0 radical (unpaired) electrons. The Morgan fingerprint density at radius 1 is 0.789 bits per heavy atom. The third-order valence-electron chi connectivity index (χ3n) is 3.65. The minimum Gasteiger partial charge on any atom is -0.283 e. The number of halogens is 1. The lowest BCUT2D eigenvalue weighted by molar-refractivity contribution is -0.143. The first-order valence-electron chi connectivity index (χ1n) is 7.65. The van der Waals surface area contributed by atoms with Gasteiger partial charge in [-0.2, -0.15) is 0 Å². The van der Waals surface area contributed by atoms with E-state index in [2.05, 4.69) is 15.9 Å². The number of nitrogens with zero attached hydrogens (tertiary/aromatic N) is 1. The minimum atomic E-state index is 0.0415. The first kappa shape index (κ1) is 16.7. The lowest BCUT2D eigenvalue weighted by atomic mass is 10.1. The van der Waals surface area contributed by atoms with Gasteiger partial charge in [-0.05, 0) is 25.7 Å². The molecule has 1 heterocycles. The van der Waals surface area contributed by atoms with Crippen LogP contribution >= 0.6 is 15.9 Å². The molecule has 4 heteroatoms. The van der Waals surface area contributed by atoms with E-state index in [1.807, 2.05) is 0 Å². The molecular weight excluding hydrogens is 306 g/mol. The molecule has 1 rings (SSSR count). The first-order chi connectivity index (χ1) is 9.25. The van der Waals surface area contributed by atoms with Crippen molar-refractivity contribution >= 4 is 27.7 Å². The monoisotopic (exact) mass is 331 g/mol. The molecule has 0 bridgehead atoms. The summed E-state index contributed by atoms with van der Waals surface area (Å²) >= 11 is 3.44. The van der Waals surface area contributed by atoms with Crippen LogP contribution in [0.3, 0.4) is 0 Å². The summed E-state index contributed by atoms with van der Waals surface area (Å²) in [5, 5.41) is 1.10. The summed E-state index contributed by atoms with van der Waals surface area (Å²) < 4.78 is 0. The normalized spacial score (nSPS) is 16.8. The van der Waals surface area contributed by atoms with Gasteiger partial charge in [-0.3, -0.25) is 14.5 Å². The summed E-state index contributed by atoms with van der Waals surface area (Å²) in [5.41, 5.74) is 0. The van der Waals surface area contributed by atoms with Crippen molar-refractivity contribution in [2.24, 2.45) is 0 Å². The molecule has 0 unspecified atom stereocenters. The highest BCUT2D eigenvalue weighted by molar-refractivity contribution is 9.09. The van der Waals surface area contributed by atoms with Gasteiger partial charge in [0, 0.05) is 24.7 Å². The second-order valence-corrected chi connectivity index (χ2v) is 6.10. The molecule has 0 aromatic heterocycles. The maximum atomic E-state index is 11.8. The van der Waals surface area contributed by atoms with Crippen LogP contribution in [0, 0.1) is 0 Å². The van der Waals surface area contributed by atoms with Gasteiger partial charge in [0.15, 0.2) is 0 Å². The second kappa shape index (κ2) is 10.4. The van der Waals surface area contributed by atoms with Crippen molar-refractivity contribution in [1.29, 1.82) is 0 Å². The Kier molecular flexibility index (Phi) is 9.14. The predicted molar refractivity (Wildman–Crippen MR) is 81.3 cm³/mol. The van der Waals surface area contributed by atoms with Crippen LogP contribution < -0.4 is 0 Å². The van der Waals surface area contributed by atoms with Crippen LogP contribution in [0.2, 0.25) is 0 Å². The number of hydrogen-bond acceptors (Lipinski definition) is 2. The Bertz CT molecular complexity index is 263. The van der Waals surface area contributed by atoms with E-state index >= 15 is 0 Å². The first-order valence-corrected chi connectivity index (χ1v) is 8.77. The Hall–Kier alpha value is -0.380.